The molecule has 0 saturated heterocycles. The zero-order chi connectivity index (χ0) is 29.1. The van der Waals surface area contributed by atoms with Crippen LogP contribution in [0.1, 0.15) is 59.2 Å². The lowest BCUT2D eigenvalue weighted by molar-refractivity contribution is -0.140. The highest BCUT2D eigenvalue weighted by molar-refractivity contribution is 6.26. The number of hydrogen-bond donors (Lipinski definition) is 1. The Morgan fingerprint density at radius 2 is 1.60 bits per heavy atom. The van der Waals surface area contributed by atoms with Crippen LogP contribution in [-0.4, -0.2) is 41.2 Å². The third kappa shape index (κ3) is 5.67. The van der Waals surface area contributed by atoms with Crippen molar-refractivity contribution in [2.75, 3.05) is 11.4 Å². The number of hydrogen-bond acceptors (Lipinski definition) is 3. The topological polar surface area (TPSA) is 69.7 Å². The molecule has 6 nitrogen and oxygen atoms in total. The van der Waals surface area contributed by atoms with Gasteiger partial charge in [-0.3, -0.25) is 19.3 Å². The summed E-state index contributed by atoms with van der Waals surface area (Å²) in [7, 11) is 0. The van der Waals surface area contributed by atoms with E-state index in [-0.39, 0.29) is 36.9 Å². The molecule has 0 spiro atoms. The van der Waals surface area contributed by atoms with Crippen LogP contribution in [0.3, 0.4) is 0 Å². The van der Waals surface area contributed by atoms with Crippen molar-refractivity contribution in [3.63, 3.8) is 0 Å². The van der Waals surface area contributed by atoms with Crippen molar-refractivity contribution in [2.24, 2.45) is 0 Å². The van der Waals surface area contributed by atoms with E-state index in [9.17, 15) is 14.4 Å². The predicted molar refractivity (Wildman–Crippen MR) is 166 cm³/mol. The number of nitrogens with zero attached hydrogens (tertiary/aromatic N) is 2. The minimum atomic E-state index is -0.725. The highest BCUT2D eigenvalue weighted by atomic mass is 16.2. The quantitative estimate of drug-likeness (QED) is 0.266. The van der Waals surface area contributed by atoms with Crippen molar-refractivity contribution < 1.29 is 14.4 Å². The summed E-state index contributed by atoms with van der Waals surface area (Å²) >= 11 is 0. The van der Waals surface area contributed by atoms with Crippen LogP contribution in [0.4, 0.5) is 5.69 Å². The average molecular weight is 560 g/mol. The first kappa shape index (κ1) is 27.7. The fraction of sp³-hybridized carbons (Fsp3) is 0.306. The Hall–Kier alpha value is -4.45. The Bertz CT molecular complexity index is 1600. The van der Waals surface area contributed by atoms with E-state index in [2.05, 4.69) is 5.32 Å². The maximum absolute atomic E-state index is 14.4. The van der Waals surface area contributed by atoms with Crippen LogP contribution in [0.15, 0.2) is 91.0 Å². The van der Waals surface area contributed by atoms with Crippen LogP contribution in [0, 0.1) is 6.92 Å². The number of aryl methyl sites for hydroxylation is 1. The van der Waals surface area contributed by atoms with E-state index in [0.29, 0.717) is 12.0 Å². The maximum atomic E-state index is 14.4. The summed E-state index contributed by atoms with van der Waals surface area (Å²) in [5.74, 6) is -0.570. The summed E-state index contributed by atoms with van der Waals surface area (Å²) in [5.41, 5.74) is 4.36. The zero-order valence-electron chi connectivity index (χ0n) is 24.1. The maximum Gasteiger partial charge on any atom is 0.259 e. The zero-order valence-corrected chi connectivity index (χ0v) is 24.1. The molecule has 6 rings (SSSR count). The number of benzene rings is 4. The number of nitrogens with one attached hydrogen (secondary N) is 1. The molecule has 1 atom stereocenters. The van der Waals surface area contributed by atoms with Crippen molar-refractivity contribution in [3.8, 4) is 0 Å². The first-order valence-electron chi connectivity index (χ1n) is 15.0. The molecule has 3 amide bonds. The van der Waals surface area contributed by atoms with E-state index >= 15 is 0 Å². The second kappa shape index (κ2) is 12.2. The van der Waals surface area contributed by atoms with Crippen LogP contribution >= 0.6 is 0 Å². The SMILES string of the molecule is Cc1ccccc1CN(C(=O)CN1C(=O)c2cccc3cccc1c23)C(Cc1ccccc1)C(=O)NC1CCCCC1. The minimum absolute atomic E-state index is 0.118. The largest absolute Gasteiger partial charge is 0.352 e. The second-order valence-corrected chi connectivity index (χ2v) is 11.6. The van der Waals surface area contributed by atoms with Crippen LogP contribution in [0.25, 0.3) is 10.8 Å². The normalized spacial score (nSPS) is 15.5. The molecule has 214 valence electrons. The second-order valence-electron chi connectivity index (χ2n) is 11.6. The van der Waals surface area contributed by atoms with Gasteiger partial charge in [0.05, 0.1) is 5.69 Å². The molecule has 6 heteroatoms. The van der Waals surface area contributed by atoms with Crippen molar-refractivity contribution in [1.82, 2.24) is 10.2 Å². The lowest BCUT2D eigenvalue weighted by atomic mass is 9.94. The van der Waals surface area contributed by atoms with E-state index in [1.807, 2.05) is 97.9 Å². The Labute approximate surface area is 247 Å². The molecule has 1 aliphatic heterocycles. The molecule has 0 aromatic heterocycles. The molecule has 1 aliphatic carbocycles. The van der Waals surface area contributed by atoms with E-state index in [0.717, 1.165) is 58.8 Å². The Morgan fingerprint density at radius 3 is 2.36 bits per heavy atom. The molecule has 1 heterocycles. The molecule has 4 aromatic rings. The Morgan fingerprint density at radius 1 is 0.881 bits per heavy atom. The molecule has 1 unspecified atom stereocenters. The molecule has 4 aromatic carbocycles. The summed E-state index contributed by atoms with van der Waals surface area (Å²) in [6, 6.07) is 28.7. The van der Waals surface area contributed by atoms with Crippen molar-refractivity contribution in [2.45, 2.75) is 64.1 Å². The lowest BCUT2D eigenvalue weighted by Gasteiger charge is -2.34. The fourth-order valence-electron chi connectivity index (χ4n) is 6.43. The van der Waals surface area contributed by atoms with Gasteiger partial charge in [-0.1, -0.05) is 98.1 Å². The van der Waals surface area contributed by atoms with Crippen LogP contribution in [0.5, 0.6) is 0 Å². The molecule has 2 aliphatic rings. The van der Waals surface area contributed by atoms with Gasteiger partial charge in [-0.15, -0.1) is 0 Å². The van der Waals surface area contributed by atoms with Crippen molar-refractivity contribution >= 4 is 34.2 Å². The summed E-state index contributed by atoms with van der Waals surface area (Å²) in [6.45, 7) is 2.16. The third-order valence-corrected chi connectivity index (χ3v) is 8.77. The third-order valence-electron chi connectivity index (χ3n) is 8.77. The van der Waals surface area contributed by atoms with Gasteiger partial charge in [0, 0.05) is 30.0 Å². The van der Waals surface area contributed by atoms with Gasteiger partial charge in [-0.05, 0) is 54.0 Å². The predicted octanol–water partition coefficient (Wildman–Crippen LogP) is 6.20. The first-order valence-corrected chi connectivity index (χ1v) is 15.0. The molecular weight excluding hydrogens is 522 g/mol. The average Bonchev–Trinajstić information content (AvgIpc) is 3.28. The van der Waals surface area contributed by atoms with Gasteiger partial charge < -0.3 is 10.2 Å². The van der Waals surface area contributed by atoms with Crippen LogP contribution < -0.4 is 10.2 Å². The van der Waals surface area contributed by atoms with Gasteiger partial charge in [0.2, 0.25) is 11.8 Å². The van der Waals surface area contributed by atoms with E-state index < -0.39 is 6.04 Å². The Balaban J connectivity index is 1.35. The summed E-state index contributed by atoms with van der Waals surface area (Å²) < 4.78 is 0. The number of carbonyl (C=O) groups is 3. The summed E-state index contributed by atoms with van der Waals surface area (Å²) in [5, 5.41) is 5.14. The molecule has 1 saturated carbocycles. The van der Waals surface area contributed by atoms with E-state index in [4.69, 9.17) is 0 Å². The van der Waals surface area contributed by atoms with Gasteiger partial charge in [-0.25, -0.2) is 0 Å². The molecule has 0 radical (unpaired) electrons. The summed E-state index contributed by atoms with van der Waals surface area (Å²) in [6.07, 6.45) is 5.70. The minimum Gasteiger partial charge on any atom is -0.352 e. The van der Waals surface area contributed by atoms with E-state index in [1.165, 1.54) is 6.42 Å². The summed E-state index contributed by atoms with van der Waals surface area (Å²) in [4.78, 5) is 45.3. The van der Waals surface area contributed by atoms with E-state index in [1.54, 1.807) is 9.80 Å². The van der Waals surface area contributed by atoms with Gasteiger partial charge in [0.1, 0.15) is 12.6 Å². The highest BCUT2D eigenvalue weighted by Crippen LogP contribution is 2.37. The smallest absolute Gasteiger partial charge is 0.259 e. The standard InChI is InChI=1S/C36H37N3O3/c1-25-12-8-9-15-28(25)23-38(32(22-26-13-4-2-5-14-26)35(41)37-29-18-6-3-7-19-29)33(40)24-39-31-21-11-17-27-16-10-20-30(34(27)31)36(39)42/h2,4-5,8-17,20-21,29,32H,3,6-7,18-19,22-24H2,1H3,(H,37,41). The highest BCUT2D eigenvalue weighted by Gasteiger charge is 2.36. The Kier molecular flexibility index (Phi) is 8.04. The molecule has 0 bridgehead atoms. The fourth-order valence-corrected chi connectivity index (χ4v) is 6.43. The number of rotatable bonds is 9. The van der Waals surface area contributed by atoms with Gasteiger partial charge in [0.15, 0.2) is 0 Å². The first-order chi connectivity index (χ1) is 20.5. The van der Waals surface area contributed by atoms with Crippen LogP contribution in [0.2, 0.25) is 0 Å². The molecule has 1 fully saturated rings. The van der Waals surface area contributed by atoms with Crippen molar-refractivity contribution in [1.29, 1.82) is 0 Å². The van der Waals surface area contributed by atoms with Gasteiger partial charge >= 0.3 is 0 Å². The number of anilines is 1. The lowest BCUT2D eigenvalue weighted by Crippen LogP contribution is -2.54. The van der Waals surface area contributed by atoms with Crippen molar-refractivity contribution in [3.05, 3.63) is 113 Å². The van der Waals surface area contributed by atoms with Crippen LogP contribution in [-0.2, 0) is 22.6 Å². The molecular formula is C36H37N3O3. The monoisotopic (exact) mass is 559 g/mol. The number of carbonyl (C=O) groups excluding carboxylic acids is 3. The molecule has 1 N–H and O–H groups in total. The van der Waals surface area contributed by atoms with Gasteiger partial charge in [0.25, 0.3) is 5.91 Å². The van der Waals surface area contributed by atoms with Gasteiger partial charge in [-0.2, -0.15) is 0 Å². The number of amides is 3. The molecule has 42 heavy (non-hydrogen) atoms.